The highest BCUT2D eigenvalue weighted by Gasteiger charge is 2.12. The van der Waals surface area contributed by atoms with E-state index >= 15 is 0 Å². The van der Waals surface area contributed by atoms with E-state index in [0.29, 0.717) is 11.3 Å². The van der Waals surface area contributed by atoms with E-state index in [4.69, 9.17) is 0 Å². The van der Waals surface area contributed by atoms with Gasteiger partial charge in [-0.25, -0.2) is 0 Å². The van der Waals surface area contributed by atoms with Crippen molar-refractivity contribution in [1.29, 1.82) is 0 Å². The van der Waals surface area contributed by atoms with Crippen LogP contribution in [0.5, 0.6) is 0 Å². The maximum absolute atomic E-state index is 12.0. The van der Waals surface area contributed by atoms with Crippen LogP contribution in [-0.4, -0.2) is 20.7 Å². The first kappa shape index (κ1) is 11.3. The molecule has 17 heavy (non-hydrogen) atoms. The van der Waals surface area contributed by atoms with E-state index in [-0.39, 0.29) is 5.91 Å². The number of nitrogens with one attached hydrogen (secondary N) is 1. The van der Waals surface area contributed by atoms with Crippen LogP contribution in [0.3, 0.4) is 0 Å². The zero-order valence-electron chi connectivity index (χ0n) is 9.84. The Balaban J connectivity index is 2.17. The molecule has 5 nitrogen and oxygen atoms in total. The van der Waals surface area contributed by atoms with Crippen molar-refractivity contribution in [3.63, 3.8) is 0 Å². The Labute approximate surface area is 99.5 Å². The summed E-state index contributed by atoms with van der Waals surface area (Å²) < 4.78 is 1.74. The zero-order chi connectivity index (χ0) is 12.3. The smallest absolute Gasteiger partial charge is 0.259 e. The Kier molecular flexibility index (Phi) is 3.18. The molecule has 0 bridgehead atoms. The third kappa shape index (κ3) is 2.50. The maximum atomic E-state index is 12.0. The van der Waals surface area contributed by atoms with Gasteiger partial charge in [0.25, 0.3) is 5.91 Å². The summed E-state index contributed by atoms with van der Waals surface area (Å²) in [7, 11) is 0. The average molecular weight is 230 g/mol. The highest BCUT2D eigenvalue weighted by atomic mass is 16.1. The molecule has 0 spiro atoms. The quantitative estimate of drug-likeness (QED) is 0.875. The lowest BCUT2D eigenvalue weighted by atomic mass is 10.2. The SMILES string of the molecule is CCn1cc(C(=O)Nc2cccnc2)c(C)n1. The van der Waals surface area contributed by atoms with E-state index in [2.05, 4.69) is 15.4 Å². The second-order valence-electron chi connectivity index (χ2n) is 3.68. The number of amides is 1. The molecule has 0 aliphatic heterocycles. The first-order chi connectivity index (χ1) is 8.20. The third-order valence-electron chi connectivity index (χ3n) is 2.43. The molecule has 2 aromatic heterocycles. The number of pyridine rings is 1. The predicted molar refractivity (Wildman–Crippen MR) is 64.8 cm³/mol. The predicted octanol–water partition coefficient (Wildman–Crippen LogP) is 1.86. The number of carbonyl (C=O) groups excluding carboxylic acids is 1. The topological polar surface area (TPSA) is 59.8 Å². The molecule has 1 amide bonds. The number of hydrogen-bond donors (Lipinski definition) is 1. The van der Waals surface area contributed by atoms with Gasteiger partial charge in [-0.15, -0.1) is 0 Å². The van der Waals surface area contributed by atoms with Crippen LogP contribution in [0.25, 0.3) is 0 Å². The molecule has 0 aromatic carbocycles. The minimum Gasteiger partial charge on any atom is -0.320 e. The second-order valence-corrected chi connectivity index (χ2v) is 3.68. The summed E-state index contributed by atoms with van der Waals surface area (Å²) >= 11 is 0. The molecular formula is C12H14N4O. The number of nitrogens with zero attached hydrogens (tertiary/aromatic N) is 3. The number of hydrogen-bond acceptors (Lipinski definition) is 3. The van der Waals surface area contributed by atoms with Gasteiger partial charge >= 0.3 is 0 Å². The first-order valence-corrected chi connectivity index (χ1v) is 5.46. The summed E-state index contributed by atoms with van der Waals surface area (Å²) in [5.41, 5.74) is 2.00. The lowest BCUT2D eigenvalue weighted by molar-refractivity contribution is 0.102. The molecule has 0 saturated heterocycles. The molecule has 0 unspecified atom stereocenters. The molecular weight excluding hydrogens is 216 g/mol. The largest absolute Gasteiger partial charge is 0.320 e. The standard InChI is InChI=1S/C12H14N4O/c1-3-16-8-11(9(2)15-16)12(17)14-10-5-4-6-13-7-10/h4-8H,3H2,1-2H3,(H,14,17). The van der Waals surface area contributed by atoms with Gasteiger partial charge in [-0.3, -0.25) is 14.5 Å². The molecule has 0 saturated carbocycles. The van der Waals surface area contributed by atoms with Crippen molar-refractivity contribution in [1.82, 2.24) is 14.8 Å². The summed E-state index contributed by atoms with van der Waals surface area (Å²) in [6.07, 6.45) is 5.02. The number of aromatic nitrogens is 3. The van der Waals surface area contributed by atoms with E-state index < -0.39 is 0 Å². The van der Waals surface area contributed by atoms with Gasteiger partial charge in [0.2, 0.25) is 0 Å². The number of carbonyl (C=O) groups is 1. The highest BCUT2D eigenvalue weighted by molar-refractivity contribution is 6.04. The highest BCUT2D eigenvalue weighted by Crippen LogP contribution is 2.10. The summed E-state index contributed by atoms with van der Waals surface area (Å²) in [6, 6.07) is 3.57. The van der Waals surface area contributed by atoms with E-state index in [1.807, 2.05) is 13.8 Å². The summed E-state index contributed by atoms with van der Waals surface area (Å²) in [4.78, 5) is 15.9. The van der Waals surface area contributed by atoms with E-state index in [9.17, 15) is 4.79 Å². The van der Waals surface area contributed by atoms with Gasteiger partial charge in [-0.2, -0.15) is 5.10 Å². The molecule has 5 heteroatoms. The van der Waals surface area contributed by atoms with Crippen molar-refractivity contribution >= 4 is 11.6 Å². The van der Waals surface area contributed by atoms with Gasteiger partial charge in [-0.05, 0) is 26.0 Å². The van der Waals surface area contributed by atoms with Crippen molar-refractivity contribution in [2.75, 3.05) is 5.32 Å². The Morgan fingerprint density at radius 1 is 1.53 bits per heavy atom. The molecule has 2 heterocycles. The zero-order valence-corrected chi connectivity index (χ0v) is 9.84. The van der Waals surface area contributed by atoms with Crippen LogP contribution in [0.15, 0.2) is 30.7 Å². The van der Waals surface area contributed by atoms with Crippen LogP contribution in [0.2, 0.25) is 0 Å². The number of rotatable bonds is 3. The van der Waals surface area contributed by atoms with Crippen molar-refractivity contribution in [2.45, 2.75) is 20.4 Å². The summed E-state index contributed by atoms with van der Waals surface area (Å²) in [5, 5.41) is 7.01. The minimum atomic E-state index is -0.157. The molecule has 0 atom stereocenters. The molecule has 2 aromatic rings. The molecule has 0 radical (unpaired) electrons. The van der Waals surface area contributed by atoms with Crippen LogP contribution in [0, 0.1) is 6.92 Å². The number of anilines is 1. The van der Waals surface area contributed by atoms with Crippen LogP contribution in [-0.2, 0) is 6.54 Å². The normalized spacial score (nSPS) is 10.2. The van der Waals surface area contributed by atoms with Gasteiger partial charge in [0, 0.05) is 18.9 Å². The monoisotopic (exact) mass is 230 g/mol. The Bertz CT molecular complexity index is 519. The number of aryl methyl sites for hydroxylation is 2. The Morgan fingerprint density at radius 2 is 2.35 bits per heavy atom. The summed E-state index contributed by atoms with van der Waals surface area (Å²) in [6.45, 7) is 4.56. The van der Waals surface area contributed by atoms with Gasteiger partial charge in [0.1, 0.15) is 0 Å². The van der Waals surface area contributed by atoms with Crippen molar-refractivity contribution < 1.29 is 4.79 Å². The Morgan fingerprint density at radius 3 is 2.94 bits per heavy atom. The van der Waals surface area contributed by atoms with E-state index in [1.54, 1.807) is 35.4 Å². The average Bonchev–Trinajstić information content (AvgIpc) is 2.72. The Hall–Kier alpha value is -2.17. The maximum Gasteiger partial charge on any atom is 0.259 e. The summed E-state index contributed by atoms with van der Waals surface area (Å²) in [5.74, 6) is -0.157. The van der Waals surface area contributed by atoms with Gasteiger partial charge in [0.15, 0.2) is 0 Å². The van der Waals surface area contributed by atoms with Gasteiger partial charge < -0.3 is 5.32 Å². The molecule has 0 aliphatic rings. The van der Waals surface area contributed by atoms with Crippen LogP contribution in [0.4, 0.5) is 5.69 Å². The van der Waals surface area contributed by atoms with Gasteiger partial charge in [-0.1, -0.05) is 0 Å². The fourth-order valence-electron chi connectivity index (χ4n) is 1.54. The minimum absolute atomic E-state index is 0.157. The third-order valence-corrected chi connectivity index (χ3v) is 2.43. The molecule has 88 valence electrons. The molecule has 0 aliphatic carbocycles. The van der Waals surface area contributed by atoms with E-state index in [0.717, 1.165) is 12.2 Å². The van der Waals surface area contributed by atoms with Crippen LogP contribution >= 0.6 is 0 Å². The van der Waals surface area contributed by atoms with Crippen LogP contribution < -0.4 is 5.32 Å². The van der Waals surface area contributed by atoms with Gasteiger partial charge in [0.05, 0.1) is 23.1 Å². The van der Waals surface area contributed by atoms with Crippen molar-refractivity contribution in [3.05, 3.63) is 42.0 Å². The van der Waals surface area contributed by atoms with Crippen LogP contribution in [0.1, 0.15) is 23.0 Å². The van der Waals surface area contributed by atoms with E-state index in [1.165, 1.54) is 0 Å². The molecule has 0 fully saturated rings. The van der Waals surface area contributed by atoms with Crippen molar-refractivity contribution in [3.8, 4) is 0 Å². The first-order valence-electron chi connectivity index (χ1n) is 5.46. The fourth-order valence-corrected chi connectivity index (χ4v) is 1.54. The molecule has 1 N–H and O–H groups in total. The lowest BCUT2D eigenvalue weighted by Gasteiger charge is -2.02. The van der Waals surface area contributed by atoms with Crippen molar-refractivity contribution in [2.24, 2.45) is 0 Å². The molecule has 2 rings (SSSR count). The lowest BCUT2D eigenvalue weighted by Crippen LogP contribution is -2.12. The second kappa shape index (κ2) is 4.78. The fraction of sp³-hybridized carbons (Fsp3) is 0.250.